The molecule has 1 aliphatic heterocycles. The van der Waals surface area contributed by atoms with E-state index < -0.39 is 0 Å². The Hall–Kier alpha value is -2.53. The number of hydrogen-bond donors (Lipinski definition) is 1. The first-order chi connectivity index (χ1) is 12.2. The molecule has 0 amide bonds. The fraction of sp³-hybridized carbons (Fsp3) is 0.150. The summed E-state index contributed by atoms with van der Waals surface area (Å²) in [4.78, 5) is 3.50. The quantitative estimate of drug-likeness (QED) is 0.476. The normalized spacial score (nSPS) is 16.2. The van der Waals surface area contributed by atoms with Gasteiger partial charge in [-0.15, -0.1) is 0 Å². The highest BCUT2D eigenvalue weighted by atomic mass is 79.9. The highest BCUT2D eigenvalue weighted by Gasteiger charge is 2.32. The van der Waals surface area contributed by atoms with Crippen LogP contribution < -0.4 is 4.74 Å². The fourth-order valence-corrected chi connectivity index (χ4v) is 4.13. The van der Waals surface area contributed by atoms with E-state index >= 15 is 0 Å². The van der Waals surface area contributed by atoms with Crippen LogP contribution >= 0.6 is 15.9 Å². The van der Waals surface area contributed by atoms with E-state index in [0.29, 0.717) is 6.61 Å². The van der Waals surface area contributed by atoms with Crippen molar-refractivity contribution in [1.29, 1.82) is 0 Å². The first-order valence-electron chi connectivity index (χ1n) is 8.15. The summed E-state index contributed by atoms with van der Waals surface area (Å²) >= 11 is 3.60. The third-order valence-corrected chi connectivity index (χ3v) is 5.34. The van der Waals surface area contributed by atoms with Crippen molar-refractivity contribution in [2.45, 2.75) is 19.4 Å². The lowest BCUT2D eigenvalue weighted by molar-refractivity contribution is 0.304. The molecule has 0 saturated heterocycles. The fourth-order valence-electron chi connectivity index (χ4n) is 3.75. The molecule has 3 heterocycles. The second-order valence-corrected chi connectivity index (χ2v) is 7.25. The first-order valence-corrected chi connectivity index (χ1v) is 8.94. The number of H-pyrrole nitrogens is 1. The lowest BCUT2D eigenvalue weighted by atomic mass is 9.85. The van der Waals surface area contributed by atoms with E-state index in [1.807, 2.05) is 18.2 Å². The van der Waals surface area contributed by atoms with Crippen molar-refractivity contribution in [2.24, 2.45) is 0 Å². The number of para-hydroxylation sites is 1. The predicted molar refractivity (Wildman–Crippen MR) is 99.0 cm³/mol. The molecule has 4 nitrogen and oxygen atoms in total. The summed E-state index contributed by atoms with van der Waals surface area (Å²) < 4.78 is 12.4. The maximum absolute atomic E-state index is 6.04. The lowest BCUT2D eigenvalue weighted by Gasteiger charge is -2.17. The number of hydrogen-bond acceptors (Lipinski definition) is 3. The number of fused-ring (bicyclic) bond motifs is 3. The molecule has 0 radical (unpaired) electrons. The summed E-state index contributed by atoms with van der Waals surface area (Å²) in [6.45, 7) is 2.57. The van der Waals surface area contributed by atoms with Gasteiger partial charge in [0.1, 0.15) is 24.3 Å². The standard InChI is InChI=1S/C20H15BrN2O2/c1-11-18(14-4-2-3-5-16(14)22-11)19-15-8-13(21)6-7-17(15)24-9-12-10-25-23-20(12)19/h2-8,10,19,22H,9H2,1H3. The van der Waals surface area contributed by atoms with Crippen molar-refractivity contribution < 1.29 is 9.26 Å². The summed E-state index contributed by atoms with van der Waals surface area (Å²) in [5, 5.41) is 5.55. The Bertz CT molecular complexity index is 1100. The van der Waals surface area contributed by atoms with Crippen molar-refractivity contribution in [3.05, 3.63) is 81.3 Å². The highest BCUT2D eigenvalue weighted by molar-refractivity contribution is 9.10. The topological polar surface area (TPSA) is 51.0 Å². The zero-order valence-electron chi connectivity index (χ0n) is 13.5. The lowest BCUT2D eigenvalue weighted by Crippen LogP contribution is -2.06. The molecular weight excluding hydrogens is 380 g/mol. The van der Waals surface area contributed by atoms with E-state index in [1.165, 1.54) is 10.9 Å². The summed E-state index contributed by atoms with van der Waals surface area (Å²) in [5.74, 6) is 0.843. The number of nitrogens with one attached hydrogen (secondary N) is 1. The van der Waals surface area contributed by atoms with Crippen LogP contribution in [0.2, 0.25) is 0 Å². The van der Waals surface area contributed by atoms with Crippen LogP contribution in [0.4, 0.5) is 0 Å². The molecule has 5 rings (SSSR count). The smallest absolute Gasteiger partial charge is 0.130 e. The zero-order valence-corrected chi connectivity index (χ0v) is 15.1. The van der Waals surface area contributed by atoms with Crippen molar-refractivity contribution in [1.82, 2.24) is 10.1 Å². The molecule has 0 bridgehead atoms. The van der Waals surface area contributed by atoms with Gasteiger partial charge in [0.05, 0.1) is 11.5 Å². The Morgan fingerprint density at radius 3 is 3.00 bits per heavy atom. The Labute approximate surface area is 152 Å². The van der Waals surface area contributed by atoms with Gasteiger partial charge in [0.15, 0.2) is 0 Å². The van der Waals surface area contributed by atoms with E-state index in [9.17, 15) is 0 Å². The molecule has 1 N–H and O–H groups in total. The van der Waals surface area contributed by atoms with Crippen molar-refractivity contribution in [3.8, 4) is 5.75 Å². The number of aryl methyl sites for hydroxylation is 1. The summed E-state index contributed by atoms with van der Waals surface area (Å²) in [6, 6.07) is 14.5. The monoisotopic (exact) mass is 394 g/mol. The number of rotatable bonds is 1. The largest absolute Gasteiger partial charge is 0.488 e. The van der Waals surface area contributed by atoms with E-state index in [0.717, 1.165) is 38.3 Å². The molecule has 124 valence electrons. The molecular formula is C20H15BrN2O2. The summed E-state index contributed by atoms with van der Waals surface area (Å²) in [7, 11) is 0. The predicted octanol–water partition coefficient (Wildman–Crippen LogP) is 5.30. The minimum absolute atomic E-state index is 0.0418. The van der Waals surface area contributed by atoms with Crippen LogP contribution in [-0.2, 0) is 6.61 Å². The summed E-state index contributed by atoms with van der Waals surface area (Å²) in [6.07, 6.45) is 1.69. The average molecular weight is 395 g/mol. The minimum atomic E-state index is -0.0418. The van der Waals surface area contributed by atoms with Gasteiger partial charge in [-0.2, -0.15) is 0 Å². The molecule has 25 heavy (non-hydrogen) atoms. The van der Waals surface area contributed by atoms with Gasteiger partial charge in [-0.25, -0.2) is 0 Å². The van der Waals surface area contributed by atoms with E-state index in [4.69, 9.17) is 9.26 Å². The highest BCUT2D eigenvalue weighted by Crippen LogP contribution is 2.45. The van der Waals surface area contributed by atoms with Crippen LogP contribution in [0.15, 0.2) is 57.7 Å². The van der Waals surface area contributed by atoms with E-state index in [2.05, 4.69) is 57.3 Å². The van der Waals surface area contributed by atoms with Crippen molar-refractivity contribution in [3.63, 3.8) is 0 Å². The van der Waals surface area contributed by atoms with E-state index in [1.54, 1.807) is 6.26 Å². The van der Waals surface area contributed by atoms with Crippen LogP contribution in [0.5, 0.6) is 5.75 Å². The molecule has 1 aliphatic rings. The van der Waals surface area contributed by atoms with Crippen LogP contribution in [0.3, 0.4) is 0 Å². The van der Waals surface area contributed by atoms with Gasteiger partial charge in [-0.3, -0.25) is 0 Å². The van der Waals surface area contributed by atoms with Gasteiger partial charge in [-0.1, -0.05) is 39.3 Å². The average Bonchev–Trinajstić information content (AvgIpc) is 3.16. The third kappa shape index (κ3) is 2.23. The van der Waals surface area contributed by atoms with Gasteiger partial charge in [0, 0.05) is 26.6 Å². The second kappa shape index (κ2) is 5.49. The third-order valence-electron chi connectivity index (χ3n) is 4.85. The molecule has 0 saturated carbocycles. The van der Waals surface area contributed by atoms with Crippen LogP contribution in [0.1, 0.15) is 34.0 Å². The minimum Gasteiger partial charge on any atom is -0.488 e. The van der Waals surface area contributed by atoms with Gasteiger partial charge in [0.25, 0.3) is 0 Å². The molecule has 2 aromatic carbocycles. The van der Waals surface area contributed by atoms with Gasteiger partial charge in [-0.05, 0) is 36.8 Å². The number of benzene rings is 2. The van der Waals surface area contributed by atoms with Crippen molar-refractivity contribution >= 4 is 26.8 Å². The molecule has 0 aliphatic carbocycles. The Kier molecular flexibility index (Phi) is 3.25. The number of aromatic amines is 1. The Balaban J connectivity index is 1.87. The second-order valence-electron chi connectivity index (χ2n) is 6.34. The molecule has 4 aromatic rings. The Morgan fingerprint density at radius 1 is 1.20 bits per heavy atom. The number of ether oxygens (including phenoxy) is 1. The first kappa shape index (κ1) is 14.8. The van der Waals surface area contributed by atoms with E-state index in [-0.39, 0.29) is 5.92 Å². The number of aromatic nitrogens is 2. The van der Waals surface area contributed by atoms with Gasteiger partial charge >= 0.3 is 0 Å². The number of halogens is 1. The molecule has 1 unspecified atom stereocenters. The molecule has 5 heteroatoms. The van der Waals surface area contributed by atoms with Crippen LogP contribution in [0.25, 0.3) is 10.9 Å². The van der Waals surface area contributed by atoms with Crippen LogP contribution in [0, 0.1) is 6.92 Å². The number of nitrogens with zero attached hydrogens (tertiary/aromatic N) is 1. The summed E-state index contributed by atoms with van der Waals surface area (Å²) in [5.41, 5.74) is 6.48. The van der Waals surface area contributed by atoms with Gasteiger partial charge in [0.2, 0.25) is 0 Å². The van der Waals surface area contributed by atoms with Gasteiger partial charge < -0.3 is 14.2 Å². The maximum atomic E-state index is 6.04. The van der Waals surface area contributed by atoms with Crippen molar-refractivity contribution in [2.75, 3.05) is 0 Å². The van der Waals surface area contributed by atoms with Crippen LogP contribution in [-0.4, -0.2) is 10.1 Å². The zero-order chi connectivity index (χ0) is 17.0. The Morgan fingerprint density at radius 2 is 2.08 bits per heavy atom. The molecule has 1 atom stereocenters. The molecule has 2 aromatic heterocycles. The maximum Gasteiger partial charge on any atom is 0.130 e. The molecule has 0 fully saturated rings. The molecule has 0 spiro atoms. The SMILES string of the molecule is Cc1[nH]c2ccccc2c1C1c2cc(Br)ccc2OCc2conc21.